The third kappa shape index (κ3) is 4.46. The first kappa shape index (κ1) is 15.3. The second kappa shape index (κ2) is 8.18. The second-order valence-corrected chi connectivity index (χ2v) is 7.48. The quantitative estimate of drug-likeness (QED) is 0.647. The Kier molecular flexibility index (Phi) is 5.98. The van der Waals surface area contributed by atoms with Crippen LogP contribution in [0.15, 0.2) is 5.16 Å². The van der Waals surface area contributed by atoms with E-state index in [9.17, 15) is 0 Å². The predicted molar refractivity (Wildman–Crippen MR) is 87.7 cm³/mol. The fourth-order valence-corrected chi connectivity index (χ4v) is 4.36. The summed E-state index contributed by atoms with van der Waals surface area (Å²) in [6, 6.07) is 0. The molecule has 1 aliphatic carbocycles. The van der Waals surface area contributed by atoms with Crippen LogP contribution in [-0.2, 0) is 13.0 Å². The van der Waals surface area contributed by atoms with E-state index in [0.29, 0.717) is 0 Å². The van der Waals surface area contributed by atoms with Crippen LogP contribution in [0.4, 0.5) is 0 Å². The molecule has 0 amide bonds. The maximum atomic E-state index is 4.38. The van der Waals surface area contributed by atoms with Gasteiger partial charge in [-0.3, -0.25) is 0 Å². The molecule has 1 fully saturated rings. The average Bonchev–Trinajstić information content (AvgIpc) is 2.76. The molecule has 0 unspecified atom stereocenters. The van der Waals surface area contributed by atoms with Gasteiger partial charge in [-0.25, -0.2) is 0 Å². The summed E-state index contributed by atoms with van der Waals surface area (Å²) in [5, 5.41) is 13.5. The molecule has 0 saturated heterocycles. The summed E-state index contributed by atoms with van der Waals surface area (Å²) in [5.41, 5.74) is 0. The van der Waals surface area contributed by atoms with E-state index >= 15 is 0 Å². The molecule has 1 aromatic heterocycles. The number of aryl methyl sites for hydroxylation is 1. The first-order valence-electron chi connectivity index (χ1n) is 8.69. The Morgan fingerprint density at radius 3 is 2.81 bits per heavy atom. The molecule has 0 spiro atoms. The maximum Gasteiger partial charge on any atom is 0.191 e. The Morgan fingerprint density at radius 1 is 1.05 bits per heavy atom. The summed E-state index contributed by atoms with van der Waals surface area (Å²) >= 11 is 1.86. The van der Waals surface area contributed by atoms with Crippen molar-refractivity contribution >= 4 is 11.8 Å². The van der Waals surface area contributed by atoms with Crippen molar-refractivity contribution in [1.82, 2.24) is 20.1 Å². The zero-order valence-corrected chi connectivity index (χ0v) is 13.8. The highest BCUT2D eigenvalue weighted by atomic mass is 32.2. The smallest absolute Gasteiger partial charge is 0.191 e. The Morgan fingerprint density at radius 2 is 1.90 bits per heavy atom. The van der Waals surface area contributed by atoms with Crippen LogP contribution in [0, 0.1) is 5.92 Å². The molecule has 0 aromatic carbocycles. The first-order chi connectivity index (χ1) is 10.4. The van der Waals surface area contributed by atoms with E-state index in [1.165, 1.54) is 63.7 Å². The topological polar surface area (TPSA) is 42.7 Å². The Balaban J connectivity index is 1.36. The summed E-state index contributed by atoms with van der Waals surface area (Å²) in [5.74, 6) is 3.23. The number of hydrogen-bond acceptors (Lipinski definition) is 4. The maximum absolute atomic E-state index is 4.38. The third-order valence-corrected chi connectivity index (χ3v) is 5.71. The van der Waals surface area contributed by atoms with Crippen molar-refractivity contribution in [3.63, 3.8) is 0 Å². The van der Waals surface area contributed by atoms with Crippen LogP contribution in [0.2, 0.25) is 0 Å². The third-order valence-electron chi connectivity index (χ3n) is 4.74. The zero-order valence-electron chi connectivity index (χ0n) is 13.0. The molecule has 0 bridgehead atoms. The van der Waals surface area contributed by atoms with Gasteiger partial charge in [0.1, 0.15) is 5.82 Å². The number of fused-ring (bicyclic) bond motifs is 1. The molecular weight excluding hydrogens is 280 g/mol. The van der Waals surface area contributed by atoms with E-state index in [4.69, 9.17) is 0 Å². The Hall–Kier alpha value is -0.550. The number of rotatable bonds is 6. The SMILES string of the molecule is C1CCC(CNCCSc2nnc3n2CCCCC3)CC1. The molecule has 0 radical (unpaired) electrons. The number of hydrogen-bond donors (Lipinski definition) is 1. The Labute approximate surface area is 132 Å². The van der Waals surface area contributed by atoms with Gasteiger partial charge >= 0.3 is 0 Å². The van der Waals surface area contributed by atoms with Crippen LogP contribution in [0.3, 0.4) is 0 Å². The highest BCUT2D eigenvalue weighted by Crippen LogP contribution is 2.23. The lowest BCUT2D eigenvalue weighted by Gasteiger charge is -2.21. The molecule has 21 heavy (non-hydrogen) atoms. The molecule has 1 saturated carbocycles. The minimum absolute atomic E-state index is 0.924. The van der Waals surface area contributed by atoms with Crippen molar-refractivity contribution < 1.29 is 0 Å². The lowest BCUT2D eigenvalue weighted by molar-refractivity contribution is 0.345. The number of nitrogens with one attached hydrogen (secondary N) is 1. The van der Waals surface area contributed by atoms with Gasteiger partial charge in [0.25, 0.3) is 0 Å². The zero-order chi connectivity index (χ0) is 14.3. The number of aromatic nitrogens is 3. The molecule has 2 heterocycles. The Bertz CT molecular complexity index is 426. The van der Waals surface area contributed by atoms with E-state index < -0.39 is 0 Å². The van der Waals surface area contributed by atoms with Gasteiger partial charge < -0.3 is 9.88 Å². The van der Waals surface area contributed by atoms with Crippen LogP contribution in [0.5, 0.6) is 0 Å². The fraction of sp³-hybridized carbons (Fsp3) is 0.875. The van der Waals surface area contributed by atoms with E-state index in [1.807, 2.05) is 11.8 Å². The first-order valence-corrected chi connectivity index (χ1v) is 9.67. The summed E-state index contributed by atoms with van der Waals surface area (Å²) in [4.78, 5) is 0. The fourth-order valence-electron chi connectivity index (χ4n) is 3.48. The monoisotopic (exact) mass is 308 g/mol. The van der Waals surface area contributed by atoms with Gasteiger partial charge in [-0.2, -0.15) is 0 Å². The van der Waals surface area contributed by atoms with Crippen molar-refractivity contribution in [2.75, 3.05) is 18.8 Å². The van der Waals surface area contributed by atoms with Gasteiger partial charge in [-0.15, -0.1) is 10.2 Å². The van der Waals surface area contributed by atoms with Crippen molar-refractivity contribution in [2.45, 2.75) is 69.5 Å². The average molecular weight is 308 g/mol. The summed E-state index contributed by atoms with van der Waals surface area (Å²) in [6.07, 6.45) is 12.2. The number of thioether (sulfide) groups is 1. The van der Waals surface area contributed by atoms with Crippen molar-refractivity contribution in [1.29, 1.82) is 0 Å². The van der Waals surface area contributed by atoms with E-state index in [2.05, 4.69) is 20.1 Å². The summed E-state index contributed by atoms with van der Waals surface area (Å²) in [7, 11) is 0. The van der Waals surface area contributed by atoms with Crippen LogP contribution in [0.25, 0.3) is 0 Å². The van der Waals surface area contributed by atoms with Gasteiger partial charge in [0.05, 0.1) is 0 Å². The van der Waals surface area contributed by atoms with Gasteiger partial charge in [0.15, 0.2) is 5.16 Å². The van der Waals surface area contributed by atoms with E-state index in [-0.39, 0.29) is 0 Å². The minimum Gasteiger partial charge on any atom is -0.316 e. The molecule has 4 nitrogen and oxygen atoms in total. The van der Waals surface area contributed by atoms with Gasteiger partial charge in [-0.1, -0.05) is 37.4 Å². The molecule has 1 aromatic rings. The highest BCUT2D eigenvalue weighted by Gasteiger charge is 2.15. The van der Waals surface area contributed by atoms with E-state index in [0.717, 1.165) is 36.3 Å². The molecule has 118 valence electrons. The van der Waals surface area contributed by atoms with Gasteiger partial charge in [0.2, 0.25) is 0 Å². The molecule has 1 N–H and O–H groups in total. The lowest BCUT2D eigenvalue weighted by Crippen LogP contribution is -2.26. The van der Waals surface area contributed by atoms with Crippen LogP contribution in [0.1, 0.15) is 57.2 Å². The van der Waals surface area contributed by atoms with Crippen molar-refractivity contribution in [3.8, 4) is 0 Å². The molecule has 5 heteroatoms. The molecule has 1 aliphatic heterocycles. The lowest BCUT2D eigenvalue weighted by atomic mass is 9.89. The van der Waals surface area contributed by atoms with Crippen LogP contribution >= 0.6 is 11.8 Å². The normalized spacial score (nSPS) is 20.2. The standard InChI is InChI=1S/C16H28N4S/c1-3-7-14(8-4-1)13-17-10-12-21-16-19-18-15-9-5-2-6-11-20(15)16/h14,17H,1-13H2. The molecule has 2 aliphatic rings. The highest BCUT2D eigenvalue weighted by molar-refractivity contribution is 7.99. The van der Waals surface area contributed by atoms with Crippen LogP contribution < -0.4 is 5.32 Å². The van der Waals surface area contributed by atoms with Gasteiger partial charge in [0, 0.05) is 25.3 Å². The molecule has 0 atom stereocenters. The second-order valence-electron chi connectivity index (χ2n) is 6.42. The summed E-state index contributed by atoms with van der Waals surface area (Å²) < 4.78 is 2.35. The van der Waals surface area contributed by atoms with Crippen LogP contribution in [-0.4, -0.2) is 33.6 Å². The largest absolute Gasteiger partial charge is 0.316 e. The van der Waals surface area contributed by atoms with Crippen molar-refractivity contribution in [3.05, 3.63) is 5.82 Å². The van der Waals surface area contributed by atoms with Gasteiger partial charge in [-0.05, 0) is 38.1 Å². The number of nitrogens with zero attached hydrogens (tertiary/aromatic N) is 3. The van der Waals surface area contributed by atoms with Crippen molar-refractivity contribution in [2.24, 2.45) is 5.92 Å². The van der Waals surface area contributed by atoms with E-state index in [1.54, 1.807) is 0 Å². The summed E-state index contributed by atoms with van der Waals surface area (Å²) in [6.45, 7) is 3.40. The minimum atomic E-state index is 0.924. The molecular formula is C16H28N4S. The predicted octanol–water partition coefficient (Wildman–Crippen LogP) is 3.27. The molecule has 3 rings (SSSR count).